The summed E-state index contributed by atoms with van der Waals surface area (Å²) in [5.74, 6) is -0.117. The van der Waals surface area contributed by atoms with Crippen LogP contribution < -0.4 is 5.32 Å². The minimum Gasteiger partial charge on any atom is -0.379 e. The van der Waals surface area contributed by atoms with Gasteiger partial charge in [-0.3, -0.25) is 9.69 Å². The van der Waals surface area contributed by atoms with Crippen molar-refractivity contribution >= 4 is 23.6 Å². The summed E-state index contributed by atoms with van der Waals surface area (Å²) in [5, 5.41) is 3.80. The van der Waals surface area contributed by atoms with Gasteiger partial charge >= 0.3 is 0 Å². The maximum absolute atomic E-state index is 12.5. The van der Waals surface area contributed by atoms with Gasteiger partial charge < -0.3 is 10.1 Å². The Morgan fingerprint density at radius 3 is 2.67 bits per heavy atom. The molecule has 1 aliphatic rings. The molecule has 0 bridgehead atoms. The number of rotatable bonds is 6. The smallest absolute Gasteiger partial charge is 0.244 e. The molecule has 0 saturated carbocycles. The van der Waals surface area contributed by atoms with Gasteiger partial charge in [0.25, 0.3) is 0 Å². The van der Waals surface area contributed by atoms with Gasteiger partial charge in [0.05, 0.1) is 19.3 Å². The van der Waals surface area contributed by atoms with Crippen LogP contribution in [0.15, 0.2) is 54.6 Å². The molecule has 27 heavy (non-hydrogen) atoms. The zero-order valence-electron chi connectivity index (χ0n) is 15.5. The van der Waals surface area contributed by atoms with Crippen LogP contribution in [0, 0.1) is 6.92 Å². The second kappa shape index (κ2) is 9.70. The van der Waals surface area contributed by atoms with E-state index in [0.717, 1.165) is 44.0 Å². The standard InChI is InChI=1S/C22H25ClN2O2/c1-17-5-8-19(9-6-17)21(16-25-11-13-27-14-12-25)24-22(26)10-7-18-3-2-4-20(23)15-18/h2-10,15,21H,11-14,16H2,1H3,(H,24,26)/b10-7+/t21-/m1/s1. The van der Waals surface area contributed by atoms with Gasteiger partial charge in [0.1, 0.15) is 0 Å². The quantitative estimate of drug-likeness (QED) is 0.769. The molecule has 1 aliphatic heterocycles. The van der Waals surface area contributed by atoms with Crippen LogP contribution in [0.3, 0.4) is 0 Å². The predicted octanol–water partition coefficient (Wildman–Crippen LogP) is 3.85. The van der Waals surface area contributed by atoms with E-state index in [9.17, 15) is 4.79 Å². The number of aryl methyl sites for hydroxylation is 1. The first kappa shape index (κ1) is 19.6. The fourth-order valence-electron chi connectivity index (χ4n) is 3.08. The van der Waals surface area contributed by atoms with Crippen LogP contribution in [0.25, 0.3) is 6.08 Å². The number of amides is 1. The van der Waals surface area contributed by atoms with Crippen LogP contribution in [-0.4, -0.2) is 43.7 Å². The second-order valence-electron chi connectivity index (χ2n) is 6.77. The molecule has 0 unspecified atom stereocenters. The molecule has 0 radical (unpaired) electrons. The van der Waals surface area contributed by atoms with Crippen molar-refractivity contribution in [1.82, 2.24) is 10.2 Å². The second-order valence-corrected chi connectivity index (χ2v) is 7.21. The van der Waals surface area contributed by atoms with Gasteiger partial charge in [-0.05, 0) is 36.3 Å². The summed E-state index contributed by atoms with van der Waals surface area (Å²) >= 11 is 6.00. The molecule has 142 valence electrons. The molecule has 1 fully saturated rings. The number of halogens is 1. The molecular weight excluding hydrogens is 360 g/mol. The lowest BCUT2D eigenvalue weighted by Gasteiger charge is -2.31. The van der Waals surface area contributed by atoms with Crippen molar-refractivity contribution in [3.8, 4) is 0 Å². The van der Waals surface area contributed by atoms with E-state index in [1.54, 1.807) is 12.2 Å². The lowest BCUT2D eigenvalue weighted by Crippen LogP contribution is -2.42. The number of morpholine rings is 1. The molecule has 1 atom stereocenters. The van der Waals surface area contributed by atoms with E-state index in [-0.39, 0.29) is 11.9 Å². The van der Waals surface area contributed by atoms with E-state index in [0.29, 0.717) is 5.02 Å². The highest BCUT2D eigenvalue weighted by atomic mass is 35.5. The highest BCUT2D eigenvalue weighted by Gasteiger charge is 2.19. The number of hydrogen-bond acceptors (Lipinski definition) is 3. The molecule has 3 rings (SSSR count). The van der Waals surface area contributed by atoms with E-state index in [2.05, 4.69) is 41.4 Å². The Hall–Kier alpha value is -2.14. The van der Waals surface area contributed by atoms with Gasteiger partial charge in [-0.15, -0.1) is 0 Å². The van der Waals surface area contributed by atoms with Crippen molar-refractivity contribution in [3.63, 3.8) is 0 Å². The van der Waals surface area contributed by atoms with Crippen LogP contribution in [0.4, 0.5) is 0 Å². The third-order valence-corrected chi connectivity index (χ3v) is 4.85. The van der Waals surface area contributed by atoms with Gasteiger partial charge in [-0.2, -0.15) is 0 Å². The lowest BCUT2D eigenvalue weighted by molar-refractivity contribution is -0.117. The Kier molecular flexibility index (Phi) is 7.04. The van der Waals surface area contributed by atoms with Gasteiger partial charge in [0.15, 0.2) is 0 Å². The van der Waals surface area contributed by atoms with Crippen LogP contribution in [0.1, 0.15) is 22.7 Å². The lowest BCUT2D eigenvalue weighted by atomic mass is 10.0. The number of nitrogens with one attached hydrogen (secondary N) is 1. The molecule has 1 N–H and O–H groups in total. The van der Waals surface area contributed by atoms with Crippen LogP contribution in [0.5, 0.6) is 0 Å². The van der Waals surface area contributed by atoms with Crippen molar-refractivity contribution in [1.29, 1.82) is 0 Å². The average molecular weight is 385 g/mol. The fraction of sp³-hybridized carbons (Fsp3) is 0.318. The molecule has 5 heteroatoms. The average Bonchev–Trinajstić information content (AvgIpc) is 2.67. The van der Waals surface area contributed by atoms with Crippen LogP contribution >= 0.6 is 11.6 Å². The SMILES string of the molecule is Cc1ccc([C@@H](CN2CCOCC2)NC(=O)/C=C/c2cccc(Cl)c2)cc1. The Bertz CT molecular complexity index is 783. The molecule has 0 aromatic heterocycles. The zero-order valence-corrected chi connectivity index (χ0v) is 16.3. The third-order valence-electron chi connectivity index (χ3n) is 4.62. The van der Waals surface area contributed by atoms with E-state index < -0.39 is 0 Å². The van der Waals surface area contributed by atoms with Crippen molar-refractivity contribution in [3.05, 3.63) is 76.3 Å². The number of benzene rings is 2. The summed E-state index contributed by atoms with van der Waals surface area (Å²) in [5.41, 5.74) is 3.21. The number of hydrogen-bond donors (Lipinski definition) is 1. The van der Waals surface area contributed by atoms with Gasteiger partial charge in [0.2, 0.25) is 5.91 Å². The summed E-state index contributed by atoms with van der Waals surface area (Å²) in [6, 6.07) is 15.7. The van der Waals surface area contributed by atoms with E-state index in [4.69, 9.17) is 16.3 Å². The van der Waals surface area contributed by atoms with Crippen molar-refractivity contribution in [2.75, 3.05) is 32.8 Å². The molecule has 1 saturated heterocycles. The number of nitrogens with zero attached hydrogens (tertiary/aromatic N) is 1. The van der Waals surface area contributed by atoms with E-state index >= 15 is 0 Å². The van der Waals surface area contributed by atoms with E-state index in [1.165, 1.54) is 5.56 Å². The van der Waals surface area contributed by atoms with E-state index in [1.807, 2.05) is 24.3 Å². The molecular formula is C22H25ClN2O2. The Labute approximate surface area is 165 Å². The predicted molar refractivity (Wildman–Crippen MR) is 110 cm³/mol. The Morgan fingerprint density at radius 2 is 1.96 bits per heavy atom. The monoisotopic (exact) mass is 384 g/mol. The highest BCUT2D eigenvalue weighted by Crippen LogP contribution is 2.17. The van der Waals surface area contributed by atoms with Gasteiger partial charge in [-0.1, -0.05) is 53.6 Å². The first-order chi connectivity index (χ1) is 13.1. The van der Waals surface area contributed by atoms with Crippen molar-refractivity contribution in [2.45, 2.75) is 13.0 Å². The molecule has 1 heterocycles. The topological polar surface area (TPSA) is 41.6 Å². The summed E-state index contributed by atoms with van der Waals surface area (Å²) in [6.45, 7) is 6.08. The summed E-state index contributed by atoms with van der Waals surface area (Å²) < 4.78 is 5.43. The molecule has 1 amide bonds. The molecule has 0 aliphatic carbocycles. The van der Waals surface area contributed by atoms with Gasteiger partial charge in [0, 0.05) is 30.7 Å². The normalized spacial score (nSPS) is 16.4. The summed E-state index contributed by atoms with van der Waals surface area (Å²) in [4.78, 5) is 14.8. The minimum absolute atomic E-state index is 0.0692. The first-order valence-electron chi connectivity index (χ1n) is 9.21. The molecule has 0 spiro atoms. The maximum Gasteiger partial charge on any atom is 0.244 e. The zero-order chi connectivity index (χ0) is 19.1. The first-order valence-corrected chi connectivity index (χ1v) is 9.59. The number of carbonyl (C=O) groups is 1. The van der Waals surface area contributed by atoms with Crippen LogP contribution in [-0.2, 0) is 9.53 Å². The third kappa shape index (κ3) is 6.21. The highest BCUT2D eigenvalue weighted by molar-refractivity contribution is 6.30. The largest absolute Gasteiger partial charge is 0.379 e. The van der Waals surface area contributed by atoms with Crippen molar-refractivity contribution < 1.29 is 9.53 Å². The number of ether oxygens (including phenoxy) is 1. The van der Waals surface area contributed by atoms with Crippen LogP contribution in [0.2, 0.25) is 5.02 Å². The van der Waals surface area contributed by atoms with Crippen molar-refractivity contribution in [2.24, 2.45) is 0 Å². The fourth-order valence-corrected chi connectivity index (χ4v) is 3.28. The van der Waals surface area contributed by atoms with Gasteiger partial charge in [-0.25, -0.2) is 0 Å². The Balaban J connectivity index is 1.69. The minimum atomic E-state index is -0.117. The summed E-state index contributed by atoms with van der Waals surface area (Å²) in [7, 11) is 0. The molecule has 2 aromatic carbocycles. The maximum atomic E-state index is 12.5. The molecule has 2 aromatic rings. The number of carbonyl (C=O) groups excluding carboxylic acids is 1. The Morgan fingerprint density at radius 1 is 1.22 bits per heavy atom. The molecule has 4 nitrogen and oxygen atoms in total. The summed E-state index contributed by atoms with van der Waals surface area (Å²) in [6.07, 6.45) is 3.34.